The van der Waals surface area contributed by atoms with Gasteiger partial charge in [0.2, 0.25) is 0 Å². The Hall–Kier alpha value is -3.64. The van der Waals surface area contributed by atoms with Gasteiger partial charge in [-0.2, -0.15) is 13.8 Å². The van der Waals surface area contributed by atoms with Crippen LogP contribution in [0.2, 0.25) is 0 Å². The molecule has 0 bridgehead atoms. The number of pyridine rings is 1. The van der Waals surface area contributed by atoms with Crippen molar-refractivity contribution >= 4 is 27.5 Å². The Morgan fingerprint density at radius 1 is 1.02 bits per heavy atom. The van der Waals surface area contributed by atoms with Crippen molar-refractivity contribution in [1.29, 1.82) is 0 Å². The molecule has 1 aromatic heterocycles. The molecule has 2 amide bonds. The number of hydrogen-bond donors (Lipinski definition) is 3. The first-order valence-electron chi connectivity index (χ1n) is 13.3. The fourth-order valence-electron chi connectivity index (χ4n) is 5.68. The number of carbonyl (C=O) groups is 2. The number of amides is 2. The lowest BCUT2D eigenvalue weighted by atomic mass is 9.75. The number of piperidine rings is 1. The fraction of sp³-hybridized carbons (Fsp3) is 0.345. The third-order valence-electron chi connectivity index (χ3n) is 7.72. The van der Waals surface area contributed by atoms with Crippen LogP contribution >= 0.6 is 0 Å². The van der Waals surface area contributed by atoms with Crippen LogP contribution in [-0.2, 0) is 31.6 Å². The summed E-state index contributed by atoms with van der Waals surface area (Å²) in [4.78, 5) is 31.0. The van der Waals surface area contributed by atoms with Crippen LogP contribution in [-0.4, -0.2) is 63.8 Å². The van der Waals surface area contributed by atoms with Gasteiger partial charge in [-0.25, -0.2) is 0 Å². The fourth-order valence-corrected chi connectivity index (χ4v) is 6.94. The molecular formula is C29H34N5O5S+. The third kappa shape index (κ3) is 5.50. The molecule has 40 heavy (non-hydrogen) atoms. The highest BCUT2D eigenvalue weighted by atomic mass is 32.2. The molecule has 1 spiro atoms. The first-order chi connectivity index (χ1) is 19.2. The van der Waals surface area contributed by atoms with Gasteiger partial charge in [-0.1, -0.05) is 58.6 Å². The average Bonchev–Trinajstić information content (AvgIpc) is 3.23. The second kappa shape index (κ2) is 11.5. The Kier molecular flexibility index (Phi) is 7.99. The van der Waals surface area contributed by atoms with E-state index in [9.17, 15) is 18.0 Å². The maximum atomic E-state index is 13.9. The Bertz CT molecular complexity index is 1460. The molecule has 0 radical (unpaired) electrons. The highest BCUT2D eigenvalue weighted by molar-refractivity contribution is 7.90. The molecule has 0 aliphatic carbocycles. The van der Waals surface area contributed by atoms with Crippen LogP contribution in [0.4, 0.5) is 5.69 Å². The zero-order chi connectivity index (χ0) is 28.2. The number of nitrogens with one attached hydrogen (secondary N) is 3. The second-order valence-electron chi connectivity index (χ2n) is 10.4. The first-order valence-corrected chi connectivity index (χ1v) is 15.1. The molecular weight excluding hydrogens is 530 g/mol. The molecule has 2 aliphatic rings. The number of para-hydroxylation sites is 1. The molecule has 3 aromatic rings. The highest BCUT2D eigenvalue weighted by Gasteiger charge is 2.60. The van der Waals surface area contributed by atoms with Gasteiger partial charge in [0.15, 0.2) is 5.69 Å². The smallest absolute Gasteiger partial charge is 0.321 e. The van der Waals surface area contributed by atoms with Gasteiger partial charge in [0, 0.05) is 17.8 Å². The predicted molar refractivity (Wildman–Crippen MR) is 151 cm³/mol. The van der Waals surface area contributed by atoms with E-state index in [1.807, 2.05) is 42.5 Å². The van der Waals surface area contributed by atoms with E-state index in [-0.39, 0.29) is 25.5 Å². The van der Waals surface area contributed by atoms with Gasteiger partial charge in [0.1, 0.15) is 18.3 Å². The van der Waals surface area contributed by atoms with Crippen LogP contribution in [0.15, 0.2) is 79.0 Å². The van der Waals surface area contributed by atoms with E-state index in [0.29, 0.717) is 5.69 Å². The van der Waals surface area contributed by atoms with Gasteiger partial charge in [0.05, 0.1) is 24.9 Å². The summed E-state index contributed by atoms with van der Waals surface area (Å²) in [6.07, 6.45) is 4.11. The molecule has 2 aromatic carbocycles. The number of ether oxygens (including phenoxy) is 1. The van der Waals surface area contributed by atoms with E-state index in [2.05, 4.69) is 21.0 Å². The van der Waals surface area contributed by atoms with E-state index in [1.54, 1.807) is 24.3 Å². The van der Waals surface area contributed by atoms with Crippen LogP contribution < -0.4 is 20.1 Å². The van der Waals surface area contributed by atoms with Gasteiger partial charge in [0.25, 0.3) is 11.8 Å². The minimum atomic E-state index is -3.91. The van der Waals surface area contributed by atoms with Crippen molar-refractivity contribution < 1.29 is 22.7 Å². The number of aromatic nitrogens is 1. The number of rotatable bonds is 9. The van der Waals surface area contributed by atoms with Crippen molar-refractivity contribution in [3.63, 3.8) is 0 Å². The summed E-state index contributed by atoms with van der Waals surface area (Å²) >= 11 is 0. The number of nitrogens with zero attached hydrogens (tertiary/aromatic N) is 2. The summed E-state index contributed by atoms with van der Waals surface area (Å²) < 4.78 is 32.2. The first kappa shape index (κ1) is 27.9. The van der Waals surface area contributed by atoms with E-state index in [1.165, 1.54) is 12.3 Å². The minimum Gasteiger partial charge on any atom is -0.374 e. The molecule has 3 heterocycles. The Balaban J connectivity index is 1.45. The molecule has 10 nitrogen and oxygen atoms in total. The van der Waals surface area contributed by atoms with Gasteiger partial charge in [-0.15, -0.1) is 0 Å². The molecule has 2 atom stereocenters. The number of benzene rings is 2. The van der Waals surface area contributed by atoms with Crippen molar-refractivity contribution in [2.75, 3.05) is 32.5 Å². The summed E-state index contributed by atoms with van der Waals surface area (Å²) in [5, 5.41) is 6.06. The SMILES string of the molecule is CS(=O)(=O)[N+]1(NC(=O)C(COCc2ccccc2)NC(=O)c2ccccn2)CC2(CCNCC2)c2ccccc21. The maximum Gasteiger partial charge on any atom is 0.321 e. The second-order valence-corrected chi connectivity index (χ2v) is 12.5. The third-order valence-corrected chi connectivity index (χ3v) is 9.27. The van der Waals surface area contributed by atoms with Gasteiger partial charge < -0.3 is 15.4 Å². The van der Waals surface area contributed by atoms with E-state index in [0.717, 1.165) is 43.3 Å². The van der Waals surface area contributed by atoms with Crippen molar-refractivity contribution in [2.45, 2.75) is 30.9 Å². The molecule has 11 heteroatoms. The Morgan fingerprint density at radius 3 is 2.42 bits per heavy atom. The summed E-state index contributed by atoms with van der Waals surface area (Å²) in [6.45, 7) is 1.73. The summed E-state index contributed by atoms with van der Waals surface area (Å²) in [6, 6.07) is 20.6. The van der Waals surface area contributed by atoms with Gasteiger partial charge in [-0.3, -0.25) is 14.6 Å². The lowest BCUT2D eigenvalue weighted by Crippen LogP contribution is -2.68. The van der Waals surface area contributed by atoms with Crippen molar-refractivity contribution in [1.82, 2.24) is 25.0 Å². The zero-order valence-electron chi connectivity index (χ0n) is 22.4. The highest BCUT2D eigenvalue weighted by Crippen LogP contribution is 2.50. The monoisotopic (exact) mass is 564 g/mol. The quantitative estimate of drug-likeness (QED) is 0.340. The van der Waals surface area contributed by atoms with E-state index < -0.39 is 37.3 Å². The number of quaternary nitrogens is 1. The Labute approximate surface area is 234 Å². The van der Waals surface area contributed by atoms with Crippen molar-refractivity contribution in [3.8, 4) is 0 Å². The van der Waals surface area contributed by atoms with Crippen LogP contribution in [0.25, 0.3) is 0 Å². The topological polar surface area (TPSA) is 126 Å². The normalized spacial score (nSPS) is 20.4. The van der Waals surface area contributed by atoms with Crippen molar-refractivity contribution in [3.05, 3.63) is 95.8 Å². The number of hydrogen-bond acceptors (Lipinski definition) is 7. The molecule has 2 unspecified atom stereocenters. The Morgan fingerprint density at radius 2 is 1.73 bits per heavy atom. The van der Waals surface area contributed by atoms with Crippen LogP contribution in [0, 0.1) is 0 Å². The number of sulfonamides is 1. The lowest BCUT2D eigenvalue weighted by Gasteiger charge is -2.36. The number of carbonyl (C=O) groups excluding carboxylic acids is 2. The minimum absolute atomic E-state index is 0.135. The predicted octanol–water partition coefficient (Wildman–Crippen LogP) is 2.03. The summed E-state index contributed by atoms with van der Waals surface area (Å²) in [5.41, 5.74) is 4.92. The van der Waals surface area contributed by atoms with Crippen LogP contribution in [0.1, 0.15) is 34.5 Å². The molecule has 1 saturated heterocycles. The lowest BCUT2D eigenvalue weighted by molar-refractivity contribution is -0.127. The summed E-state index contributed by atoms with van der Waals surface area (Å²) in [7, 11) is -3.91. The largest absolute Gasteiger partial charge is 0.374 e. The zero-order valence-corrected chi connectivity index (χ0v) is 23.2. The van der Waals surface area contributed by atoms with Crippen molar-refractivity contribution in [2.24, 2.45) is 0 Å². The molecule has 2 aliphatic heterocycles. The van der Waals surface area contributed by atoms with Crippen LogP contribution in [0.3, 0.4) is 0 Å². The molecule has 210 valence electrons. The van der Waals surface area contributed by atoms with E-state index >= 15 is 0 Å². The summed E-state index contributed by atoms with van der Waals surface area (Å²) in [5.74, 6) is -1.23. The molecule has 0 saturated carbocycles. The molecule has 3 N–H and O–H groups in total. The van der Waals surface area contributed by atoms with E-state index in [4.69, 9.17) is 4.74 Å². The standard InChI is InChI=1S/C29H33N5O5S/c1-40(37,38)34(21-29(14-17-30-18-15-29)23-11-5-6-13-26(23)34)33-28(36)25(20-39-19-22-9-3-2-4-10-22)32-27(35)24-12-7-8-16-31-24/h2-13,16,25,30H,14-15,17-21H2,1H3,(H-,32,33,35,36)/p+1. The molecule has 5 rings (SSSR count). The number of fused-ring (bicyclic) bond motifs is 2. The van der Waals surface area contributed by atoms with Gasteiger partial charge >= 0.3 is 10.0 Å². The maximum absolute atomic E-state index is 13.9. The van der Waals surface area contributed by atoms with Gasteiger partial charge in [-0.05, 0) is 43.6 Å². The molecule has 1 fully saturated rings. The van der Waals surface area contributed by atoms with Crippen LogP contribution in [0.5, 0.6) is 0 Å². The average molecular weight is 565 g/mol.